The van der Waals surface area contributed by atoms with Gasteiger partial charge in [-0.05, 0) is 42.4 Å². The number of hydrogen-bond donors (Lipinski definition) is 2. The first kappa shape index (κ1) is 23.6. The molecule has 0 saturated carbocycles. The van der Waals surface area contributed by atoms with Gasteiger partial charge in [-0.2, -0.15) is 0 Å². The van der Waals surface area contributed by atoms with Gasteiger partial charge < -0.3 is 19.7 Å². The monoisotopic (exact) mass is 476 g/mol. The van der Waals surface area contributed by atoms with Crippen molar-refractivity contribution in [3.63, 3.8) is 0 Å². The van der Waals surface area contributed by atoms with Crippen molar-refractivity contribution in [2.45, 2.75) is 37.8 Å². The van der Waals surface area contributed by atoms with Gasteiger partial charge in [-0.25, -0.2) is 4.79 Å². The molecule has 0 spiro atoms. The molecule has 7 nitrogen and oxygen atoms in total. The summed E-state index contributed by atoms with van der Waals surface area (Å²) in [4.78, 5) is 19.4. The van der Waals surface area contributed by atoms with Crippen molar-refractivity contribution in [1.29, 1.82) is 0 Å². The van der Waals surface area contributed by atoms with Crippen LogP contribution in [0.1, 0.15) is 31.7 Å². The van der Waals surface area contributed by atoms with Gasteiger partial charge in [0.25, 0.3) is 0 Å². The molecule has 3 aliphatic rings. The molecule has 3 heterocycles. The number of carboxylic acids is 1. The zero-order valence-corrected chi connectivity index (χ0v) is 20.4. The molecular weight excluding hydrogens is 444 g/mol. The maximum absolute atomic E-state index is 12.2. The predicted octanol–water partition coefficient (Wildman–Crippen LogP) is 4.37. The van der Waals surface area contributed by atoms with Crippen molar-refractivity contribution < 1.29 is 24.5 Å². The number of fused-ring (bicyclic) bond motifs is 5. The van der Waals surface area contributed by atoms with Crippen LogP contribution >= 0.6 is 0 Å². The van der Waals surface area contributed by atoms with Gasteiger partial charge in [-0.15, -0.1) is 0 Å². The highest BCUT2D eigenvalue weighted by Gasteiger charge is 2.54. The zero-order valence-electron chi connectivity index (χ0n) is 20.4. The molecule has 2 saturated heterocycles. The van der Waals surface area contributed by atoms with E-state index in [1.165, 1.54) is 13.4 Å². The molecular formula is C28H32N2O5. The lowest BCUT2D eigenvalue weighted by molar-refractivity contribution is -0.134. The summed E-state index contributed by atoms with van der Waals surface area (Å²) in [5.41, 5.74) is 3.11. The van der Waals surface area contributed by atoms with Crippen LogP contribution in [0.5, 0.6) is 5.75 Å². The zero-order chi connectivity index (χ0) is 24.7. The minimum atomic E-state index is -1.25. The first-order chi connectivity index (χ1) is 16.9. The van der Waals surface area contributed by atoms with E-state index >= 15 is 0 Å². The Balaban J connectivity index is 1.56. The summed E-state index contributed by atoms with van der Waals surface area (Å²) in [7, 11) is 3.11. The van der Waals surface area contributed by atoms with Gasteiger partial charge in [-0.3, -0.25) is 9.89 Å². The maximum Gasteiger partial charge on any atom is 0.334 e. The van der Waals surface area contributed by atoms with Gasteiger partial charge >= 0.3 is 5.97 Å². The average Bonchev–Trinajstić information content (AvgIpc) is 3.19. The van der Waals surface area contributed by atoms with Crippen LogP contribution in [0.4, 0.5) is 5.69 Å². The number of ether oxygens (including phenoxy) is 2. The number of methoxy groups -OCH3 is 2. The summed E-state index contributed by atoms with van der Waals surface area (Å²) < 4.78 is 11.0. The minimum absolute atomic E-state index is 0.154. The topological polar surface area (TPSA) is 91.6 Å². The van der Waals surface area contributed by atoms with E-state index in [0.29, 0.717) is 30.8 Å². The molecule has 2 aromatic carbocycles. The van der Waals surface area contributed by atoms with Crippen LogP contribution in [0.3, 0.4) is 0 Å². The molecule has 0 aromatic heterocycles. The Kier molecular flexibility index (Phi) is 6.15. The fraction of sp³-hybridized carbons (Fsp3) is 0.429. The molecule has 0 amide bonds. The van der Waals surface area contributed by atoms with E-state index in [2.05, 4.69) is 11.8 Å². The number of aliphatic carboxylic acids is 1. The van der Waals surface area contributed by atoms with E-state index in [4.69, 9.17) is 14.5 Å². The highest BCUT2D eigenvalue weighted by molar-refractivity contribution is 6.06. The van der Waals surface area contributed by atoms with Crippen molar-refractivity contribution in [2.75, 3.05) is 27.3 Å². The molecule has 5 rings (SSSR count). The van der Waals surface area contributed by atoms with Crippen LogP contribution < -0.4 is 4.74 Å². The van der Waals surface area contributed by atoms with Gasteiger partial charge in [0.1, 0.15) is 11.4 Å². The quantitative estimate of drug-likeness (QED) is 0.475. The Labute approximate surface area is 205 Å². The highest BCUT2D eigenvalue weighted by Crippen LogP contribution is 2.53. The van der Waals surface area contributed by atoms with Crippen LogP contribution in [0, 0.1) is 11.8 Å². The van der Waals surface area contributed by atoms with E-state index in [1.54, 1.807) is 7.11 Å². The van der Waals surface area contributed by atoms with E-state index in [-0.39, 0.29) is 23.5 Å². The lowest BCUT2D eigenvalue weighted by atomic mass is 9.70. The van der Waals surface area contributed by atoms with E-state index < -0.39 is 11.6 Å². The summed E-state index contributed by atoms with van der Waals surface area (Å²) in [6, 6.07) is 13.8. The van der Waals surface area contributed by atoms with E-state index in [9.17, 15) is 15.0 Å². The van der Waals surface area contributed by atoms with Crippen LogP contribution in [0.15, 0.2) is 59.3 Å². The van der Waals surface area contributed by atoms with Gasteiger partial charge in [0.2, 0.25) is 0 Å². The van der Waals surface area contributed by atoms with E-state index in [1.807, 2.05) is 42.5 Å². The highest BCUT2D eigenvalue weighted by atomic mass is 16.5. The van der Waals surface area contributed by atoms with E-state index in [0.717, 1.165) is 35.3 Å². The first-order valence-corrected chi connectivity index (χ1v) is 12.2. The fourth-order valence-corrected chi connectivity index (χ4v) is 6.27. The third kappa shape index (κ3) is 3.74. The molecule has 35 heavy (non-hydrogen) atoms. The Hall–Kier alpha value is -3.16. The Bertz CT molecular complexity index is 1190. The molecule has 0 bridgehead atoms. The van der Waals surface area contributed by atoms with Crippen LogP contribution in [0.25, 0.3) is 11.1 Å². The van der Waals surface area contributed by atoms with Gasteiger partial charge in [0.15, 0.2) is 0 Å². The minimum Gasteiger partial charge on any atom is -0.504 e. The number of rotatable bonds is 6. The largest absolute Gasteiger partial charge is 0.504 e. The standard InChI is InChI=1S/C28H32N2O5/c1-4-17-15-30-13-12-28(33)24-22(11-10-19(25(24)35-3)18-8-6-5-7-9-18)29-26(28)23(30)14-20(17)21(16-34-2)27(31)32/h5-11,16-17,20,23,33H,4,12-15H2,1-3H3,(H,31,32)/b21-16+/t17-,20+,23?,28+/m1/s1. The second-order valence-electron chi connectivity index (χ2n) is 9.65. The molecule has 3 aliphatic heterocycles. The number of aliphatic hydroxyl groups is 1. The predicted molar refractivity (Wildman–Crippen MR) is 134 cm³/mol. The normalized spacial score (nSPS) is 27.9. The summed E-state index contributed by atoms with van der Waals surface area (Å²) >= 11 is 0. The smallest absolute Gasteiger partial charge is 0.334 e. The summed E-state index contributed by atoms with van der Waals surface area (Å²) in [5.74, 6) is -0.305. The van der Waals surface area contributed by atoms with Gasteiger partial charge in [-0.1, -0.05) is 43.7 Å². The molecule has 0 radical (unpaired) electrons. The number of carboxylic acid groups (broad SMARTS) is 1. The number of hydrogen-bond acceptors (Lipinski definition) is 6. The Morgan fingerprint density at radius 3 is 2.66 bits per heavy atom. The molecule has 2 N–H and O–H groups in total. The maximum atomic E-state index is 12.2. The molecule has 4 atom stereocenters. The van der Waals surface area contributed by atoms with Crippen molar-refractivity contribution >= 4 is 17.4 Å². The number of carbonyl (C=O) groups is 1. The summed E-state index contributed by atoms with van der Waals surface area (Å²) in [5, 5.41) is 22.0. The fourth-order valence-electron chi connectivity index (χ4n) is 6.27. The molecule has 7 heteroatoms. The van der Waals surface area contributed by atoms with Gasteiger partial charge in [0.05, 0.1) is 49.1 Å². The number of piperidine rings is 2. The lowest BCUT2D eigenvalue weighted by Gasteiger charge is -2.50. The Morgan fingerprint density at radius 2 is 2.00 bits per heavy atom. The third-order valence-electron chi connectivity index (χ3n) is 7.95. The lowest BCUT2D eigenvalue weighted by Crippen LogP contribution is -2.60. The van der Waals surface area contributed by atoms with Gasteiger partial charge in [0, 0.05) is 18.7 Å². The van der Waals surface area contributed by atoms with Crippen LogP contribution in [-0.4, -0.2) is 60.1 Å². The number of benzene rings is 2. The molecule has 184 valence electrons. The molecule has 0 aliphatic carbocycles. The second-order valence-corrected chi connectivity index (χ2v) is 9.65. The average molecular weight is 477 g/mol. The van der Waals surface area contributed by atoms with Crippen molar-refractivity contribution in [3.8, 4) is 16.9 Å². The summed E-state index contributed by atoms with van der Waals surface area (Å²) in [6.45, 7) is 3.57. The van der Waals surface area contributed by atoms with Crippen molar-refractivity contribution in [2.24, 2.45) is 16.8 Å². The molecule has 2 aromatic rings. The van der Waals surface area contributed by atoms with Crippen LogP contribution in [0.2, 0.25) is 0 Å². The second kappa shape index (κ2) is 9.13. The van der Waals surface area contributed by atoms with Crippen LogP contribution in [-0.2, 0) is 15.1 Å². The number of nitrogens with zero attached hydrogens (tertiary/aromatic N) is 2. The SMILES string of the molecule is CC[C@@H]1CN2CC[C@@]3(O)C(=Nc4ccc(-c5ccccc5)c(OC)c43)C2C[C@@H]1/C(=C\OC)C(=O)O. The summed E-state index contributed by atoms with van der Waals surface area (Å²) in [6.07, 6.45) is 3.32. The molecule has 1 unspecified atom stereocenters. The third-order valence-corrected chi connectivity index (χ3v) is 7.95. The van der Waals surface area contributed by atoms with Crippen molar-refractivity contribution in [1.82, 2.24) is 4.90 Å². The van der Waals surface area contributed by atoms with Crippen molar-refractivity contribution in [3.05, 3.63) is 59.9 Å². The molecule has 2 fully saturated rings. The number of aliphatic imine (C=N–C) groups is 1. The first-order valence-electron chi connectivity index (χ1n) is 12.2. The Morgan fingerprint density at radius 1 is 1.23 bits per heavy atom.